The molecule has 66 heavy (non-hydrogen) atoms. The van der Waals surface area contributed by atoms with Crippen molar-refractivity contribution in [1.29, 1.82) is 0 Å². The number of pyridine rings is 2. The maximum atomic E-state index is 13.5. The monoisotopic (exact) mass is 926 g/mol. The summed E-state index contributed by atoms with van der Waals surface area (Å²) in [7, 11) is 0. The van der Waals surface area contributed by atoms with Crippen LogP contribution in [-0.4, -0.2) is 118 Å². The number of carbonyl (C=O) groups excluding carboxylic acids is 2. The summed E-state index contributed by atoms with van der Waals surface area (Å²) in [5.41, 5.74) is -0.0249. The van der Waals surface area contributed by atoms with Crippen molar-refractivity contribution in [3.63, 3.8) is 0 Å². The standard InChI is InChI=1S/2C25H32F3N3O2/c2*1-16-12-18(13-23(33)17(2)30-10-7-19(32)8-11-30)15-31(14-16)22-6-5-21(25(26,27)28)24-20(22)4-3-9-29-24/h2*3-6,9,16-19,32H,7-8,10-15H2,1-2H3/t16-,17+,18-;16-,17-,18-/m00/s1. The molecule has 0 radical (unpaired) electrons. The number of hydrogen-bond acceptors (Lipinski definition) is 10. The molecule has 6 atom stereocenters. The number of aromatic nitrogens is 2. The summed E-state index contributed by atoms with van der Waals surface area (Å²) in [4.78, 5) is 42.7. The first-order chi connectivity index (χ1) is 31.3. The van der Waals surface area contributed by atoms with Crippen molar-refractivity contribution < 1.29 is 46.1 Å². The Morgan fingerprint density at radius 1 is 0.606 bits per heavy atom. The Labute approximate surface area is 383 Å². The Balaban J connectivity index is 0.000000196. The molecule has 6 heterocycles. The van der Waals surface area contributed by atoms with E-state index in [1.165, 1.54) is 12.4 Å². The molecule has 2 N–H and O–H groups in total. The quantitative estimate of drug-likeness (QED) is 0.150. The van der Waals surface area contributed by atoms with Crippen molar-refractivity contribution >= 4 is 44.7 Å². The van der Waals surface area contributed by atoms with Crippen LogP contribution in [0.3, 0.4) is 0 Å². The molecule has 0 bridgehead atoms. The molecule has 4 saturated heterocycles. The minimum atomic E-state index is -4.46. The minimum Gasteiger partial charge on any atom is -0.393 e. The smallest absolute Gasteiger partial charge is 0.393 e. The molecule has 2 aromatic carbocycles. The predicted molar refractivity (Wildman–Crippen MR) is 244 cm³/mol. The lowest BCUT2D eigenvalue weighted by Crippen LogP contribution is -2.46. The summed E-state index contributed by atoms with van der Waals surface area (Å²) in [6.07, 6.45) is -1.15. The highest BCUT2D eigenvalue weighted by Crippen LogP contribution is 2.41. The molecule has 10 nitrogen and oxygen atoms in total. The van der Waals surface area contributed by atoms with Crippen LogP contribution in [0.5, 0.6) is 0 Å². The Kier molecular flexibility index (Phi) is 15.7. The van der Waals surface area contributed by atoms with Crippen molar-refractivity contribution in [2.24, 2.45) is 23.7 Å². The predicted octanol–water partition coefficient (Wildman–Crippen LogP) is 9.04. The van der Waals surface area contributed by atoms with E-state index < -0.39 is 23.5 Å². The average Bonchev–Trinajstić information content (AvgIpc) is 3.27. The summed E-state index contributed by atoms with van der Waals surface area (Å²) in [5, 5.41) is 20.4. The highest BCUT2D eigenvalue weighted by molar-refractivity contribution is 5.95. The molecule has 2 aromatic heterocycles. The number of aliphatic hydroxyl groups excluding tert-OH is 2. The van der Waals surface area contributed by atoms with E-state index in [4.69, 9.17) is 0 Å². The number of fused-ring (bicyclic) bond motifs is 2. The largest absolute Gasteiger partial charge is 0.418 e. The SMILES string of the molecule is C[C@H]1C[C@@H](CC(=O)[C@@H](C)N2CCC(O)CC2)CN(c2ccc(C(F)(F)F)c3ncccc23)C1.C[C@H]1C[C@@H](CC(=O)[C@H](C)N2CCC(O)CC2)CN(c2ccc(C(F)(F)F)c3ncccc23)C1. The van der Waals surface area contributed by atoms with Gasteiger partial charge in [0.1, 0.15) is 11.6 Å². The van der Waals surface area contributed by atoms with Gasteiger partial charge in [-0.05, 0) is 125 Å². The third-order valence-electron chi connectivity index (χ3n) is 14.3. The second kappa shape index (κ2) is 20.9. The number of carbonyl (C=O) groups is 2. The van der Waals surface area contributed by atoms with Gasteiger partial charge in [0.15, 0.2) is 0 Å². The maximum absolute atomic E-state index is 13.5. The number of ketones is 2. The lowest BCUT2D eigenvalue weighted by atomic mass is 9.85. The fourth-order valence-electron chi connectivity index (χ4n) is 10.8. The number of alkyl halides is 6. The number of Topliss-reactive ketones (excluding diaryl/α,β-unsaturated/α-hetero) is 2. The van der Waals surface area contributed by atoms with Crippen molar-refractivity contribution in [3.8, 4) is 0 Å². The summed E-state index contributed by atoms with van der Waals surface area (Å²) < 4.78 is 81.0. The molecule has 360 valence electrons. The number of anilines is 2. The summed E-state index contributed by atoms with van der Waals surface area (Å²) in [5.74, 6) is 1.34. The fourth-order valence-corrected chi connectivity index (χ4v) is 10.8. The van der Waals surface area contributed by atoms with Crippen LogP contribution >= 0.6 is 0 Å². The van der Waals surface area contributed by atoms with Gasteiger partial charge in [-0.15, -0.1) is 0 Å². The molecule has 4 aromatic rings. The molecule has 16 heteroatoms. The molecule has 0 saturated carbocycles. The topological polar surface area (TPSA) is 113 Å². The van der Waals surface area contributed by atoms with E-state index in [9.17, 15) is 46.1 Å². The van der Waals surface area contributed by atoms with Gasteiger partial charge in [-0.3, -0.25) is 29.4 Å². The summed E-state index contributed by atoms with van der Waals surface area (Å²) in [6.45, 7) is 13.8. The van der Waals surface area contributed by atoms with Crippen LogP contribution in [-0.2, 0) is 21.9 Å². The maximum Gasteiger partial charge on any atom is 0.418 e. The summed E-state index contributed by atoms with van der Waals surface area (Å²) in [6, 6.07) is 11.7. The van der Waals surface area contributed by atoms with Crippen LogP contribution in [0.2, 0.25) is 0 Å². The lowest BCUT2D eigenvalue weighted by Gasteiger charge is -2.39. The fraction of sp³-hybridized carbons (Fsp3) is 0.600. The summed E-state index contributed by atoms with van der Waals surface area (Å²) >= 11 is 0. The van der Waals surface area contributed by atoms with Gasteiger partial charge in [0.2, 0.25) is 0 Å². The van der Waals surface area contributed by atoms with E-state index in [2.05, 4.69) is 43.4 Å². The average molecular weight is 927 g/mol. The molecule has 0 aliphatic carbocycles. The number of hydrogen-bond donors (Lipinski definition) is 2. The molecule has 4 aliphatic rings. The zero-order chi connectivity index (χ0) is 47.5. The highest BCUT2D eigenvalue weighted by Gasteiger charge is 2.38. The highest BCUT2D eigenvalue weighted by atomic mass is 19.4. The normalized spacial score (nSPS) is 24.2. The third kappa shape index (κ3) is 11.8. The zero-order valence-electron chi connectivity index (χ0n) is 38.4. The number of likely N-dealkylation sites (tertiary alicyclic amines) is 2. The zero-order valence-corrected chi connectivity index (χ0v) is 38.4. The van der Waals surface area contributed by atoms with E-state index in [1.807, 2.05) is 13.8 Å². The molecule has 0 unspecified atom stereocenters. The minimum absolute atomic E-state index is 0.0331. The Morgan fingerprint density at radius 3 is 1.32 bits per heavy atom. The molecule has 0 amide bonds. The second-order valence-electron chi connectivity index (χ2n) is 19.5. The van der Waals surface area contributed by atoms with E-state index in [0.717, 1.165) is 75.6 Å². The van der Waals surface area contributed by atoms with Crippen LogP contribution in [0, 0.1) is 23.7 Å². The van der Waals surface area contributed by atoms with Gasteiger partial charge in [-0.2, -0.15) is 26.3 Å². The number of aliphatic hydroxyl groups is 2. The molecule has 8 rings (SSSR count). The van der Waals surface area contributed by atoms with E-state index in [0.29, 0.717) is 74.2 Å². The van der Waals surface area contributed by atoms with Crippen molar-refractivity contribution in [1.82, 2.24) is 19.8 Å². The Morgan fingerprint density at radius 2 is 0.970 bits per heavy atom. The molecule has 4 fully saturated rings. The van der Waals surface area contributed by atoms with E-state index >= 15 is 0 Å². The molecular formula is C50H64F6N6O4. The van der Waals surface area contributed by atoms with Crippen molar-refractivity contribution in [2.45, 2.75) is 116 Å². The number of nitrogens with zero attached hydrogens (tertiary/aromatic N) is 6. The van der Waals surface area contributed by atoms with Crippen LogP contribution in [0.4, 0.5) is 37.7 Å². The molecule has 0 spiro atoms. The van der Waals surface area contributed by atoms with E-state index in [1.54, 1.807) is 36.4 Å². The Bertz CT molecular complexity index is 2140. The van der Waals surface area contributed by atoms with Gasteiger partial charge in [-0.25, -0.2) is 0 Å². The first-order valence-corrected chi connectivity index (χ1v) is 23.6. The van der Waals surface area contributed by atoms with Crippen LogP contribution in [0.15, 0.2) is 60.9 Å². The number of benzene rings is 2. The van der Waals surface area contributed by atoms with Gasteiger partial charge in [-0.1, -0.05) is 13.8 Å². The first kappa shape index (κ1) is 49.5. The van der Waals surface area contributed by atoms with Crippen LogP contribution in [0.25, 0.3) is 21.8 Å². The van der Waals surface area contributed by atoms with Gasteiger partial charge in [0.25, 0.3) is 0 Å². The van der Waals surface area contributed by atoms with Crippen LogP contribution < -0.4 is 9.80 Å². The molecular weight excluding hydrogens is 863 g/mol. The van der Waals surface area contributed by atoms with Crippen molar-refractivity contribution in [2.75, 3.05) is 62.2 Å². The van der Waals surface area contributed by atoms with E-state index in [-0.39, 0.29) is 58.7 Å². The van der Waals surface area contributed by atoms with Gasteiger partial charge < -0.3 is 20.0 Å². The third-order valence-corrected chi connectivity index (χ3v) is 14.3. The first-order valence-electron chi connectivity index (χ1n) is 23.6. The van der Waals surface area contributed by atoms with Crippen molar-refractivity contribution in [3.05, 3.63) is 72.1 Å². The Hall–Kier alpha value is -4.38. The van der Waals surface area contributed by atoms with Gasteiger partial charge in [0, 0.05) is 99.7 Å². The molecule has 4 aliphatic heterocycles. The number of halogens is 6. The lowest BCUT2D eigenvalue weighted by molar-refractivity contribution is -0.137. The number of rotatable bonds is 10. The van der Waals surface area contributed by atoms with Gasteiger partial charge in [0.05, 0.1) is 46.5 Å². The van der Waals surface area contributed by atoms with Gasteiger partial charge >= 0.3 is 12.4 Å². The second-order valence-corrected chi connectivity index (χ2v) is 19.5. The number of piperidine rings is 4. The van der Waals surface area contributed by atoms with Crippen LogP contribution in [0.1, 0.15) is 90.2 Å².